The Balaban J connectivity index is 1.33. The van der Waals surface area contributed by atoms with Gasteiger partial charge in [-0.2, -0.15) is 0 Å². The van der Waals surface area contributed by atoms with Gasteiger partial charge in [0.15, 0.2) is 11.9 Å². The van der Waals surface area contributed by atoms with Crippen LogP contribution in [0.2, 0.25) is 0 Å². The number of esters is 1. The molecule has 0 spiro atoms. The Bertz CT molecular complexity index is 1090. The molecule has 2 atom stereocenters. The van der Waals surface area contributed by atoms with Gasteiger partial charge in [0.2, 0.25) is 5.60 Å². The molecule has 3 aromatic rings. The maximum absolute atomic E-state index is 13.5. The van der Waals surface area contributed by atoms with Crippen LogP contribution < -0.4 is 0 Å². The first-order valence-electron chi connectivity index (χ1n) is 11.7. The van der Waals surface area contributed by atoms with E-state index < -0.39 is 11.6 Å². The van der Waals surface area contributed by atoms with Crippen molar-refractivity contribution in [1.29, 1.82) is 0 Å². The minimum Gasteiger partial charge on any atom is -0.465 e. The number of benzene rings is 2. The van der Waals surface area contributed by atoms with E-state index in [0.29, 0.717) is 11.5 Å². The van der Waals surface area contributed by atoms with Gasteiger partial charge in [-0.1, -0.05) is 66.7 Å². The van der Waals surface area contributed by atoms with Crippen molar-refractivity contribution in [3.63, 3.8) is 0 Å². The van der Waals surface area contributed by atoms with Crippen LogP contribution in [0, 0.1) is 5.92 Å². The number of fused-ring (bicyclic) bond motifs is 3. The fourth-order valence-corrected chi connectivity index (χ4v) is 5.34. The lowest BCUT2D eigenvalue weighted by Crippen LogP contribution is -2.64. The Labute approximate surface area is 194 Å². The van der Waals surface area contributed by atoms with E-state index >= 15 is 0 Å². The Kier molecular flexibility index (Phi) is 5.92. The molecule has 2 aromatic carbocycles. The molecule has 1 unspecified atom stereocenters. The van der Waals surface area contributed by atoms with E-state index in [9.17, 15) is 9.90 Å². The van der Waals surface area contributed by atoms with Crippen LogP contribution >= 0.6 is 0 Å². The van der Waals surface area contributed by atoms with Gasteiger partial charge in [-0.3, -0.25) is 0 Å². The number of hydrogen-bond donors (Lipinski definition) is 1. The van der Waals surface area contributed by atoms with E-state index in [1.165, 1.54) is 11.8 Å². The number of furan rings is 1. The molecule has 5 nitrogen and oxygen atoms in total. The van der Waals surface area contributed by atoms with Crippen molar-refractivity contribution in [3.8, 4) is 0 Å². The zero-order chi connectivity index (χ0) is 22.7. The Hall–Kier alpha value is -3.15. The second kappa shape index (κ2) is 9.00. The van der Waals surface area contributed by atoms with Crippen LogP contribution in [0.25, 0.3) is 6.08 Å². The molecule has 0 saturated carbocycles. The van der Waals surface area contributed by atoms with Crippen LogP contribution in [0.3, 0.4) is 0 Å². The van der Waals surface area contributed by atoms with Gasteiger partial charge in [-0.25, -0.2) is 4.79 Å². The summed E-state index contributed by atoms with van der Waals surface area (Å²) in [6.45, 7) is 3.88. The van der Waals surface area contributed by atoms with Crippen LogP contribution in [0.5, 0.6) is 0 Å². The van der Waals surface area contributed by atoms with E-state index in [1.54, 1.807) is 36.4 Å². The number of carbonyl (C=O) groups is 1. The fraction of sp³-hybridized carbons (Fsp3) is 0.321. The van der Waals surface area contributed by atoms with Crippen LogP contribution in [0.15, 0.2) is 89.6 Å². The molecule has 33 heavy (non-hydrogen) atoms. The van der Waals surface area contributed by atoms with Crippen LogP contribution in [-0.2, 0) is 15.1 Å². The third-order valence-electron chi connectivity index (χ3n) is 7.27. The highest BCUT2D eigenvalue weighted by molar-refractivity contribution is 5.84. The number of nitrogens with zero attached hydrogens (tertiary/aromatic N) is 1. The first-order chi connectivity index (χ1) is 16.1. The minimum atomic E-state index is -1.96. The van der Waals surface area contributed by atoms with E-state index in [4.69, 9.17) is 9.15 Å². The standard InChI is InChI=1S/C28H30NO4/c30-27(28(31,26-14-8-20-32-26)24-12-5-2-6-13-24)33-25-21-29(18-15-23(25)16-19-29)17-7-11-22-9-3-1-4-10-22/h1-14,20,23,25,31H,15-19,21H2/q+1/t23?,25-,28?,29?/m0/s1. The summed E-state index contributed by atoms with van der Waals surface area (Å²) in [6, 6.07) is 22.5. The second-order valence-corrected chi connectivity index (χ2v) is 9.30. The summed E-state index contributed by atoms with van der Waals surface area (Å²) in [5.41, 5.74) is -0.327. The van der Waals surface area contributed by atoms with E-state index in [2.05, 4.69) is 24.3 Å². The van der Waals surface area contributed by atoms with Crippen molar-refractivity contribution in [3.05, 3.63) is 102 Å². The van der Waals surface area contributed by atoms with Gasteiger partial charge in [-0.15, -0.1) is 0 Å². The molecule has 1 aromatic heterocycles. The molecule has 0 amide bonds. The van der Waals surface area contributed by atoms with Crippen molar-refractivity contribution < 1.29 is 23.5 Å². The lowest BCUT2D eigenvalue weighted by molar-refractivity contribution is -0.941. The predicted molar refractivity (Wildman–Crippen MR) is 126 cm³/mol. The summed E-state index contributed by atoms with van der Waals surface area (Å²) in [6.07, 6.45) is 7.71. The summed E-state index contributed by atoms with van der Waals surface area (Å²) >= 11 is 0. The van der Waals surface area contributed by atoms with Gasteiger partial charge in [0, 0.05) is 24.3 Å². The van der Waals surface area contributed by atoms with Crippen molar-refractivity contribution in [2.24, 2.45) is 5.92 Å². The molecule has 0 aliphatic carbocycles. The third-order valence-corrected chi connectivity index (χ3v) is 7.27. The number of aliphatic hydroxyl groups is 1. The third kappa shape index (κ3) is 4.26. The van der Waals surface area contributed by atoms with Crippen LogP contribution in [0.1, 0.15) is 29.7 Å². The first-order valence-corrected chi connectivity index (χ1v) is 11.7. The zero-order valence-corrected chi connectivity index (χ0v) is 18.7. The number of hydrogen-bond acceptors (Lipinski definition) is 4. The highest BCUT2D eigenvalue weighted by Gasteiger charge is 2.51. The van der Waals surface area contributed by atoms with Crippen molar-refractivity contribution in [1.82, 2.24) is 0 Å². The molecule has 3 saturated heterocycles. The van der Waals surface area contributed by atoms with E-state index in [-0.39, 0.29) is 11.9 Å². The Morgan fingerprint density at radius 1 is 1.03 bits per heavy atom. The molecule has 2 bridgehead atoms. The van der Waals surface area contributed by atoms with E-state index in [0.717, 1.165) is 43.5 Å². The maximum atomic E-state index is 13.5. The largest absolute Gasteiger partial charge is 0.465 e. The second-order valence-electron chi connectivity index (χ2n) is 9.30. The monoisotopic (exact) mass is 444 g/mol. The topological polar surface area (TPSA) is 59.7 Å². The van der Waals surface area contributed by atoms with Gasteiger partial charge in [-0.05, 0) is 23.8 Å². The van der Waals surface area contributed by atoms with Crippen LogP contribution in [0.4, 0.5) is 0 Å². The normalized spacial score (nSPS) is 26.2. The number of rotatable bonds is 7. The number of quaternary nitrogens is 1. The number of piperidine rings is 3. The smallest absolute Gasteiger partial charge is 0.351 e. The minimum absolute atomic E-state index is 0.176. The molecule has 3 aliphatic rings. The molecular weight excluding hydrogens is 414 g/mol. The highest BCUT2D eigenvalue weighted by atomic mass is 16.6. The van der Waals surface area contributed by atoms with Crippen molar-refractivity contribution in [2.45, 2.75) is 24.5 Å². The quantitative estimate of drug-likeness (QED) is 0.434. The Morgan fingerprint density at radius 3 is 2.39 bits per heavy atom. The number of carbonyl (C=O) groups excluding carboxylic acids is 1. The molecule has 6 rings (SSSR count). The first kappa shape index (κ1) is 21.7. The molecule has 3 fully saturated rings. The summed E-state index contributed by atoms with van der Waals surface area (Å²) in [7, 11) is 0. The van der Waals surface area contributed by atoms with Crippen molar-refractivity contribution in [2.75, 3.05) is 26.2 Å². The molecular formula is C28H30NO4+. The fourth-order valence-electron chi connectivity index (χ4n) is 5.34. The number of ether oxygens (including phenoxy) is 1. The van der Waals surface area contributed by atoms with Gasteiger partial charge in [0.25, 0.3) is 0 Å². The van der Waals surface area contributed by atoms with Crippen LogP contribution in [-0.4, -0.2) is 47.8 Å². The molecule has 3 aliphatic heterocycles. The van der Waals surface area contributed by atoms with Gasteiger partial charge in [0.1, 0.15) is 6.54 Å². The molecule has 5 heteroatoms. The van der Waals surface area contributed by atoms with Crippen molar-refractivity contribution >= 4 is 12.0 Å². The summed E-state index contributed by atoms with van der Waals surface area (Å²) in [5, 5.41) is 11.6. The average molecular weight is 445 g/mol. The highest BCUT2D eigenvalue weighted by Crippen LogP contribution is 2.38. The lowest BCUT2D eigenvalue weighted by Gasteiger charge is -2.51. The van der Waals surface area contributed by atoms with E-state index in [1.807, 2.05) is 24.3 Å². The Morgan fingerprint density at radius 2 is 1.73 bits per heavy atom. The lowest BCUT2D eigenvalue weighted by atomic mass is 9.82. The summed E-state index contributed by atoms with van der Waals surface area (Å²) in [4.78, 5) is 13.5. The molecule has 170 valence electrons. The predicted octanol–water partition coefficient (Wildman–Crippen LogP) is 4.38. The molecule has 0 radical (unpaired) electrons. The van der Waals surface area contributed by atoms with Gasteiger partial charge in [0.05, 0.1) is 25.9 Å². The summed E-state index contributed by atoms with van der Waals surface area (Å²) in [5.74, 6) is -0.154. The maximum Gasteiger partial charge on any atom is 0.351 e. The van der Waals surface area contributed by atoms with Gasteiger partial charge < -0.3 is 18.7 Å². The SMILES string of the molecule is O=C(O[C@H]1C[N+]2(CC=Cc3ccccc3)CCC1CC2)C(O)(c1ccccc1)c1ccco1. The summed E-state index contributed by atoms with van der Waals surface area (Å²) < 4.78 is 12.5. The average Bonchev–Trinajstić information content (AvgIpc) is 3.41. The zero-order valence-electron chi connectivity index (χ0n) is 18.7. The molecule has 1 N–H and O–H groups in total. The molecule has 4 heterocycles. The van der Waals surface area contributed by atoms with Gasteiger partial charge >= 0.3 is 5.97 Å².